The third kappa shape index (κ3) is 2.57. The maximum atomic E-state index is 5.28. The topological polar surface area (TPSA) is 33.6 Å². The van der Waals surface area contributed by atoms with E-state index in [4.69, 9.17) is 4.74 Å². The van der Waals surface area contributed by atoms with Crippen molar-refractivity contribution in [1.29, 1.82) is 0 Å². The maximum Gasteiger partial charge on any atom is 0.123 e. The Balaban J connectivity index is 1.85. The first-order valence-electron chi connectivity index (χ1n) is 4.84. The number of rotatable bonds is 2. The molecule has 3 nitrogen and oxygen atoms in total. The SMILES string of the molecule is c1ccc(CNC2=NCCOC2)cc1. The summed E-state index contributed by atoms with van der Waals surface area (Å²) in [6, 6.07) is 10.3. The molecule has 0 saturated heterocycles. The molecule has 1 aliphatic heterocycles. The van der Waals surface area contributed by atoms with E-state index in [-0.39, 0.29) is 0 Å². The van der Waals surface area contributed by atoms with Gasteiger partial charge in [0.05, 0.1) is 13.2 Å². The van der Waals surface area contributed by atoms with Gasteiger partial charge in [0, 0.05) is 6.54 Å². The zero-order chi connectivity index (χ0) is 9.64. The molecule has 0 amide bonds. The maximum absolute atomic E-state index is 5.28. The quantitative estimate of drug-likeness (QED) is 0.760. The molecule has 3 heteroatoms. The van der Waals surface area contributed by atoms with Crippen LogP contribution in [0.2, 0.25) is 0 Å². The van der Waals surface area contributed by atoms with Crippen molar-refractivity contribution < 1.29 is 4.74 Å². The van der Waals surface area contributed by atoms with Gasteiger partial charge in [-0.2, -0.15) is 0 Å². The van der Waals surface area contributed by atoms with E-state index >= 15 is 0 Å². The van der Waals surface area contributed by atoms with E-state index in [9.17, 15) is 0 Å². The normalized spacial score (nSPS) is 16.1. The van der Waals surface area contributed by atoms with Crippen LogP contribution in [0.1, 0.15) is 5.56 Å². The summed E-state index contributed by atoms with van der Waals surface area (Å²) < 4.78 is 5.28. The van der Waals surface area contributed by atoms with Gasteiger partial charge in [-0.25, -0.2) is 0 Å². The average molecular weight is 190 g/mol. The molecule has 0 saturated carbocycles. The fraction of sp³-hybridized carbons (Fsp3) is 0.364. The van der Waals surface area contributed by atoms with Crippen molar-refractivity contribution in [3.8, 4) is 0 Å². The lowest BCUT2D eigenvalue weighted by molar-refractivity contribution is 0.168. The van der Waals surface area contributed by atoms with Crippen LogP contribution < -0.4 is 5.32 Å². The van der Waals surface area contributed by atoms with Crippen LogP contribution in [-0.4, -0.2) is 25.6 Å². The summed E-state index contributed by atoms with van der Waals surface area (Å²) in [6.45, 7) is 2.96. The summed E-state index contributed by atoms with van der Waals surface area (Å²) in [5.41, 5.74) is 1.26. The molecule has 1 heterocycles. The van der Waals surface area contributed by atoms with E-state index in [0.29, 0.717) is 6.61 Å². The molecule has 0 bridgehead atoms. The number of amidine groups is 1. The number of hydrogen-bond donors (Lipinski definition) is 1. The second kappa shape index (κ2) is 4.77. The molecular formula is C11H14N2O. The number of aliphatic imine (C=N–C) groups is 1. The summed E-state index contributed by atoms with van der Waals surface area (Å²) in [6.07, 6.45) is 0. The highest BCUT2D eigenvalue weighted by Crippen LogP contribution is 1.98. The van der Waals surface area contributed by atoms with Crippen LogP contribution in [0.5, 0.6) is 0 Å². The Kier molecular flexibility index (Phi) is 3.14. The highest BCUT2D eigenvalue weighted by molar-refractivity contribution is 5.83. The number of nitrogens with zero attached hydrogens (tertiary/aromatic N) is 1. The van der Waals surface area contributed by atoms with Crippen molar-refractivity contribution in [3.63, 3.8) is 0 Å². The Labute approximate surface area is 83.8 Å². The minimum absolute atomic E-state index is 0.618. The standard InChI is InChI=1S/C11H14N2O/c1-2-4-10(5-3-1)8-13-11-9-14-7-6-12-11/h1-5H,6-9H2,(H,12,13). The Morgan fingerprint density at radius 3 is 2.86 bits per heavy atom. The van der Waals surface area contributed by atoms with Gasteiger partial charge in [0.25, 0.3) is 0 Å². The van der Waals surface area contributed by atoms with Gasteiger partial charge in [-0.05, 0) is 5.56 Å². The first kappa shape index (κ1) is 9.21. The first-order chi connectivity index (χ1) is 6.95. The molecule has 1 aromatic rings. The minimum Gasteiger partial charge on any atom is -0.372 e. The lowest BCUT2D eigenvalue weighted by Gasteiger charge is -2.14. The molecule has 1 aromatic carbocycles. The van der Waals surface area contributed by atoms with Crippen LogP contribution in [0.25, 0.3) is 0 Å². The summed E-state index contributed by atoms with van der Waals surface area (Å²) in [5.74, 6) is 0.958. The predicted octanol–water partition coefficient (Wildman–Crippen LogP) is 1.20. The zero-order valence-electron chi connectivity index (χ0n) is 8.07. The van der Waals surface area contributed by atoms with Crippen molar-refractivity contribution in [3.05, 3.63) is 35.9 Å². The number of ether oxygens (including phenoxy) is 1. The smallest absolute Gasteiger partial charge is 0.123 e. The average Bonchev–Trinajstić information content (AvgIpc) is 2.29. The molecule has 0 radical (unpaired) electrons. The van der Waals surface area contributed by atoms with Crippen LogP contribution >= 0.6 is 0 Å². The van der Waals surface area contributed by atoms with E-state index in [1.807, 2.05) is 18.2 Å². The predicted molar refractivity (Wildman–Crippen MR) is 56.4 cm³/mol. The lowest BCUT2D eigenvalue weighted by atomic mass is 10.2. The van der Waals surface area contributed by atoms with E-state index < -0.39 is 0 Å². The van der Waals surface area contributed by atoms with Gasteiger partial charge in [0.1, 0.15) is 12.4 Å². The molecule has 0 atom stereocenters. The lowest BCUT2D eigenvalue weighted by Crippen LogP contribution is -2.31. The van der Waals surface area contributed by atoms with Crippen LogP contribution in [0.4, 0.5) is 0 Å². The molecule has 0 aliphatic carbocycles. The molecule has 14 heavy (non-hydrogen) atoms. The number of hydrogen-bond acceptors (Lipinski definition) is 3. The Morgan fingerprint density at radius 2 is 2.14 bits per heavy atom. The van der Waals surface area contributed by atoms with E-state index in [1.165, 1.54) is 5.56 Å². The van der Waals surface area contributed by atoms with Crippen LogP contribution in [0.15, 0.2) is 35.3 Å². The van der Waals surface area contributed by atoms with Gasteiger partial charge in [0.15, 0.2) is 0 Å². The Bertz CT molecular complexity index is 308. The highest BCUT2D eigenvalue weighted by Gasteiger charge is 2.03. The van der Waals surface area contributed by atoms with Gasteiger partial charge in [0.2, 0.25) is 0 Å². The van der Waals surface area contributed by atoms with Crippen molar-refractivity contribution in [1.82, 2.24) is 5.32 Å². The van der Waals surface area contributed by atoms with Crippen molar-refractivity contribution in [2.75, 3.05) is 19.8 Å². The monoisotopic (exact) mass is 190 g/mol. The van der Waals surface area contributed by atoms with Crippen LogP contribution in [0, 0.1) is 0 Å². The van der Waals surface area contributed by atoms with E-state index in [1.54, 1.807) is 0 Å². The second-order valence-corrected chi connectivity index (χ2v) is 3.22. The molecule has 0 spiro atoms. The number of nitrogens with one attached hydrogen (secondary N) is 1. The van der Waals surface area contributed by atoms with Crippen LogP contribution in [0.3, 0.4) is 0 Å². The fourth-order valence-electron chi connectivity index (χ4n) is 1.37. The molecule has 2 rings (SSSR count). The third-order valence-corrected chi connectivity index (χ3v) is 2.12. The van der Waals surface area contributed by atoms with Crippen molar-refractivity contribution >= 4 is 5.84 Å². The third-order valence-electron chi connectivity index (χ3n) is 2.12. The van der Waals surface area contributed by atoms with Gasteiger partial charge >= 0.3 is 0 Å². The minimum atomic E-state index is 0.618. The van der Waals surface area contributed by atoms with Crippen molar-refractivity contribution in [2.24, 2.45) is 4.99 Å². The summed E-state index contributed by atoms with van der Waals surface area (Å²) in [7, 11) is 0. The van der Waals surface area contributed by atoms with Gasteiger partial charge in [-0.1, -0.05) is 30.3 Å². The summed E-state index contributed by atoms with van der Waals surface area (Å²) in [5, 5.41) is 3.26. The molecule has 1 aliphatic rings. The zero-order valence-corrected chi connectivity index (χ0v) is 8.07. The molecule has 74 valence electrons. The molecule has 1 N–H and O–H groups in total. The van der Waals surface area contributed by atoms with E-state index in [0.717, 1.165) is 25.5 Å². The Morgan fingerprint density at radius 1 is 1.29 bits per heavy atom. The summed E-state index contributed by atoms with van der Waals surface area (Å²) >= 11 is 0. The largest absolute Gasteiger partial charge is 0.372 e. The molecule has 0 aromatic heterocycles. The summed E-state index contributed by atoms with van der Waals surface area (Å²) in [4.78, 5) is 4.33. The van der Waals surface area contributed by atoms with Gasteiger partial charge < -0.3 is 10.1 Å². The molecule has 0 unspecified atom stereocenters. The van der Waals surface area contributed by atoms with E-state index in [2.05, 4.69) is 22.4 Å². The highest BCUT2D eigenvalue weighted by atomic mass is 16.5. The second-order valence-electron chi connectivity index (χ2n) is 3.22. The van der Waals surface area contributed by atoms with Gasteiger partial charge in [-0.3, -0.25) is 4.99 Å². The first-order valence-corrected chi connectivity index (χ1v) is 4.84. The Hall–Kier alpha value is -1.35. The van der Waals surface area contributed by atoms with Crippen molar-refractivity contribution in [2.45, 2.75) is 6.54 Å². The fourth-order valence-corrected chi connectivity index (χ4v) is 1.37. The number of benzene rings is 1. The van der Waals surface area contributed by atoms with Crippen LogP contribution in [-0.2, 0) is 11.3 Å². The molecular weight excluding hydrogens is 176 g/mol. The van der Waals surface area contributed by atoms with Gasteiger partial charge in [-0.15, -0.1) is 0 Å². The molecule has 0 fully saturated rings.